The number of fused-ring (bicyclic) bond motifs is 1. The quantitative estimate of drug-likeness (QED) is 0.667. The van der Waals surface area contributed by atoms with E-state index in [1.807, 2.05) is 0 Å². The van der Waals surface area contributed by atoms with E-state index < -0.39 is 0 Å². The van der Waals surface area contributed by atoms with Crippen molar-refractivity contribution in [1.29, 1.82) is 0 Å². The highest BCUT2D eigenvalue weighted by Crippen LogP contribution is 2.45. The summed E-state index contributed by atoms with van der Waals surface area (Å²) in [5.41, 5.74) is -0.0659. The predicted molar refractivity (Wildman–Crippen MR) is 48.7 cm³/mol. The van der Waals surface area contributed by atoms with Crippen molar-refractivity contribution in [1.82, 2.24) is 9.97 Å². The third-order valence-corrected chi connectivity index (χ3v) is 2.97. The topological polar surface area (TPSA) is 49.0 Å². The van der Waals surface area contributed by atoms with E-state index in [4.69, 9.17) is 0 Å². The van der Waals surface area contributed by atoms with E-state index in [9.17, 15) is 4.79 Å². The second-order valence-electron chi connectivity index (χ2n) is 3.90. The van der Waals surface area contributed by atoms with E-state index >= 15 is 0 Å². The van der Waals surface area contributed by atoms with Crippen LogP contribution in [0, 0.1) is 11.8 Å². The molecule has 1 N–H and O–H groups in total. The first-order valence-corrected chi connectivity index (χ1v) is 4.63. The van der Waals surface area contributed by atoms with Crippen molar-refractivity contribution in [3.05, 3.63) is 22.7 Å². The van der Waals surface area contributed by atoms with Crippen molar-refractivity contribution in [3.8, 4) is 0 Å². The third-order valence-electron chi connectivity index (χ3n) is 2.97. The molecule has 1 aliphatic heterocycles. The lowest BCUT2D eigenvalue weighted by molar-refractivity contribution is 0.795. The second-order valence-corrected chi connectivity index (χ2v) is 3.90. The fourth-order valence-electron chi connectivity index (χ4n) is 2.14. The summed E-state index contributed by atoms with van der Waals surface area (Å²) in [6.07, 6.45) is 4.56. The smallest absolute Gasteiger partial charge is 0.290 e. The maximum absolute atomic E-state index is 11.4. The van der Waals surface area contributed by atoms with Crippen LogP contribution in [0.2, 0.25) is 0 Å². The zero-order valence-electron chi connectivity index (χ0n) is 7.23. The number of aromatic amines is 1. The molecule has 68 valence electrons. The monoisotopic (exact) mass is 177 g/mol. The molecular weight excluding hydrogens is 166 g/mol. The summed E-state index contributed by atoms with van der Waals surface area (Å²) in [4.78, 5) is 20.2. The van der Waals surface area contributed by atoms with Crippen LogP contribution in [0.15, 0.2) is 17.2 Å². The minimum atomic E-state index is -0.0659. The standard InChI is InChI=1S/C9H11N3O/c13-9-8(10-1-2-11-9)12-4-6-3-7(6)5-12/h1-2,6-7H,3-5H2,(H,11,13). The van der Waals surface area contributed by atoms with Crippen LogP contribution in [-0.4, -0.2) is 23.1 Å². The van der Waals surface area contributed by atoms with Crippen molar-refractivity contribution < 1.29 is 0 Å². The van der Waals surface area contributed by atoms with Gasteiger partial charge >= 0.3 is 0 Å². The average Bonchev–Trinajstić information content (AvgIpc) is 2.75. The van der Waals surface area contributed by atoms with Crippen molar-refractivity contribution >= 4 is 5.82 Å². The molecule has 4 heteroatoms. The van der Waals surface area contributed by atoms with Crippen LogP contribution in [0.5, 0.6) is 0 Å². The molecular formula is C9H11N3O. The Labute approximate surface area is 75.6 Å². The number of anilines is 1. The molecule has 0 amide bonds. The predicted octanol–water partition coefficient (Wildman–Crippen LogP) is 0.226. The molecule has 0 aromatic carbocycles. The van der Waals surface area contributed by atoms with Gasteiger partial charge in [-0.05, 0) is 18.3 Å². The molecule has 0 bridgehead atoms. The number of H-pyrrole nitrogens is 1. The van der Waals surface area contributed by atoms with Gasteiger partial charge in [-0.3, -0.25) is 4.79 Å². The van der Waals surface area contributed by atoms with Gasteiger partial charge in [0.25, 0.3) is 5.56 Å². The van der Waals surface area contributed by atoms with Crippen LogP contribution in [0.4, 0.5) is 5.82 Å². The maximum atomic E-state index is 11.4. The highest BCUT2D eigenvalue weighted by atomic mass is 16.1. The van der Waals surface area contributed by atoms with Gasteiger partial charge < -0.3 is 9.88 Å². The molecule has 2 heterocycles. The maximum Gasteiger partial charge on any atom is 0.290 e. The molecule has 4 nitrogen and oxygen atoms in total. The van der Waals surface area contributed by atoms with E-state index in [1.54, 1.807) is 12.4 Å². The Kier molecular flexibility index (Phi) is 1.28. The Morgan fingerprint density at radius 3 is 2.92 bits per heavy atom. The number of piperidine rings is 1. The summed E-state index contributed by atoms with van der Waals surface area (Å²) in [5.74, 6) is 2.26. The normalized spacial score (nSPS) is 30.3. The van der Waals surface area contributed by atoms with Crippen LogP contribution < -0.4 is 10.5 Å². The molecule has 3 rings (SSSR count). The van der Waals surface area contributed by atoms with E-state index in [1.165, 1.54) is 6.42 Å². The molecule has 1 aliphatic carbocycles. The molecule has 2 unspecified atom stereocenters. The largest absolute Gasteiger partial charge is 0.351 e. The van der Waals surface area contributed by atoms with Crippen molar-refractivity contribution in [2.45, 2.75) is 6.42 Å². The molecule has 2 fully saturated rings. The van der Waals surface area contributed by atoms with Gasteiger partial charge in [0.05, 0.1) is 0 Å². The summed E-state index contributed by atoms with van der Waals surface area (Å²) in [6.45, 7) is 2.04. The molecule has 2 aliphatic rings. The molecule has 1 aromatic heterocycles. The first kappa shape index (κ1) is 7.12. The number of aromatic nitrogens is 2. The van der Waals surface area contributed by atoms with Gasteiger partial charge in [0.1, 0.15) is 0 Å². The van der Waals surface area contributed by atoms with Gasteiger partial charge in [-0.2, -0.15) is 0 Å². The Hall–Kier alpha value is -1.32. The van der Waals surface area contributed by atoms with Crippen molar-refractivity contribution in [3.63, 3.8) is 0 Å². The van der Waals surface area contributed by atoms with E-state index in [0.717, 1.165) is 24.9 Å². The molecule has 1 saturated heterocycles. The molecule has 2 atom stereocenters. The average molecular weight is 177 g/mol. The summed E-state index contributed by atoms with van der Waals surface area (Å²) < 4.78 is 0. The zero-order valence-corrected chi connectivity index (χ0v) is 7.23. The van der Waals surface area contributed by atoms with Gasteiger partial charge in [-0.1, -0.05) is 0 Å². The van der Waals surface area contributed by atoms with Gasteiger partial charge in [0.15, 0.2) is 5.82 Å². The highest BCUT2D eigenvalue weighted by molar-refractivity contribution is 5.38. The number of hydrogen-bond donors (Lipinski definition) is 1. The summed E-state index contributed by atoms with van der Waals surface area (Å²) in [5, 5.41) is 0. The van der Waals surface area contributed by atoms with Crippen LogP contribution >= 0.6 is 0 Å². The SMILES string of the molecule is O=c1[nH]ccnc1N1CC2CC2C1. The van der Waals surface area contributed by atoms with Crippen LogP contribution in [-0.2, 0) is 0 Å². The van der Waals surface area contributed by atoms with E-state index in [2.05, 4.69) is 14.9 Å². The van der Waals surface area contributed by atoms with E-state index in [0.29, 0.717) is 5.82 Å². The number of nitrogens with one attached hydrogen (secondary N) is 1. The third kappa shape index (κ3) is 1.05. The van der Waals surface area contributed by atoms with Crippen molar-refractivity contribution in [2.24, 2.45) is 11.8 Å². The van der Waals surface area contributed by atoms with E-state index in [-0.39, 0.29) is 5.56 Å². The fourth-order valence-corrected chi connectivity index (χ4v) is 2.14. The summed E-state index contributed by atoms with van der Waals surface area (Å²) in [7, 11) is 0. The highest BCUT2D eigenvalue weighted by Gasteiger charge is 2.45. The fraction of sp³-hybridized carbons (Fsp3) is 0.556. The molecule has 0 radical (unpaired) electrons. The zero-order chi connectivity index (χ0) is 8.84. The minimum Gasteiger partial charge on any atom is -0.351 e. The van der Waals surface area contributed by atoms with Crippen LogP contribution in [0.3, 0.4) is 0 Å². The lowest BCUT2D eigenvalue weighted by Crippen LogP contribution is -2.29. The Bertz CT molecular complexity index is 376. The molecule has 1 saturated carbocycles. The number of rotatable bonds is 1. The summed E-state index contributed by atoms with van der Waals surface area (Å²) >= 11 is 0. The Morgan fingerprint density at radius 1 is 1.46 bits per heavy atom. The second kappa shape index (κ2) is 2.34. The lowest BCUT2D eigenvalue weighted by Gasteiger charge is -2.16. The molecule has 13 heavy (non-hydrogen) atoms. The first-order chi connectivity index (χ1) is 6.34. The Morgan fingerprint density at radius 2 is 2.23 bits per heavy atom. The summed E-state index contributed by atoms with van der Waals surface area (Å²) in [6, 6.07) is 0. The van der Waals surface area contributed by atoms with Gasteiger partial charge in [0.2, 0.25) is 0 Å². The minimum absolute atomic E-state index is 0.0659. The van der Waals surface area contributed by atoms with Crippen molar-refractivity contribution in [2.75, 3.05) is 18.0 Å². The van der Waals surface area contributed by atoms with Crippen LogP contribution in [0.1, 0.15) is 6.42 Å². The van der Waals surface area contributed by atoms with Gasteiger partial charge in [-0.15, -0.1) is 0 Å². The molecule has 0 spiro atoms. The van der Waals surface area contributed by atoms with Gasteiger partial charge in [-0.25, -0.2) is 4.98 Å². The lowest BCUT2D eigenvalue weighted by atomic mass is 10.4. The number of nitrogens with zero attached hydrogens (tertiary/aromatic N) is 2. The first-order valence-electron chi connectivity index (χ1n) is 4.63. The molecule has 1 aromatic rings. The van der Waals surface area contributed by atoms with Gasteiger partial charge in [0, 0.05) is 25.5 Å². The number of hydrogen-bond acceptors (Lipinski definition) is 3. The Balaban J connectivity index is 1.92. The van der Waals surface area contributed by atoms with Crippen LogP contribution in [0.25, 0.3) is 0 Å².